The second-order valence-electron chi connectivity index (χ2n) is 5.50. The van der Waals surface area contributed by atoms with Gasteiger partial charge in [-0.15, -0.1) is 0 Å². The smallest absolute Gasteiger partial charge is 0.164 e. The van der Waals surface area contributed by atoms with Crippen LogP contribution in [0.4, 0.5) is 0 Å². The van der Waals surface area contributed by atoms with Crippen LogP contribution in [-0.2, 0) is 11.2 Å². The summed E-state index contributed by atoms with van der Waals surface area (Å²) in [4.78, 5) is 0. The normalized spacial score (nSPS) is 19.5. The maximum atomic E-state index is 6.10. The van der Waals surface area contributed by atoms with Crippen LogP contribution < -0.4 is 15.2 Å². The summed E-state index contributed by atoms with van der Waals surface area (Å²) in [7, 11) is 0. The fourth-order valence-electron chi connectivity index (χ4n) is 2.53. The molecule has 0 bridgehead atoms. The maximum absolute atomic E-state index is 6.10. The summed E-state index contributed by atoms with van der Waals surface area (Å²) in [5.74, 6) is 1.63. The first-order chi connectivity index (χ1) is 10.2. The first-order valence-electron chi connectivity index (χ1n) is 7.99. The molecule has 0 aromatic heterocycles. The molecule has 0 aliphatic carbocycles. The lowest BCUT2D eigenvalue weighted by Crippen LogP contribution is -2.23. The molecule has 2 unspecified atom stereocenters. The molecule has 2 atom stereocenters. The van der Waals surface area contributed by atoms with Crippen molar-refractivity contribution in [2.75, 3.05) is 19.8 Å². The van der Waals surface area contributed by atoms with Gasteiger partial charge in [-0.3, -0.25) is 0 Å². The largest absolute Gasteiger partial charge is 0.490 e. The first kappa shape index (κ1) is 16.1. The molecule has 0 saturated carbocycles. The Balaban J connectivity index is 2.11. The minimum atomic E-state index is 0.145. The average molecular weight is 293 g/mol. The molecule has 1 aromatic carbocycles. The zero-order valence-electron chi connectivity index (χ0n) is 13.1. The van der Waals surface area contributed by atoms with E-state index >= 15 is 0 Å². The zero-order chi connectivity index (χ0) is 15.1. The highest BCUT2D eigenvalue weighted by Crippen LogP contribution is 2.33. The third-order valence-electron chi connectivity index (χ3n) is 3.80. The van der Waals surface area contributed by atoms with Crippen LogP contribution >= 0.6 is 0 Å². The molecule has 118 valence electrons. The molecule has 0 radical (unpaired) electrons. The van der Waals surface area contributed by atoms with Crippen molar-refractivity contribution >= 4 is 0 Å². The van der Waals surface area contributed by atoms with Gasteiger partial charge < -0.3 is 19.9 Å². The lowest BCUT2D eigenvalue weighted by atomic mass is 10.0. The van der Waals surface area contributed by atoms with Crippen LogP contribution in [0, 0.1) is 0 Å². The summed E-state index contributed by atoms with van der Waals surface area (Å²) in [6, 6.07) is 6.17. The maximum Gasteiger partial charge on any atom is 0.164 e. The van der Waals surface area contributed by atoms with Crippen molar-refractivity contribution < 1.29 is 14.2 Å². The number of hydrogen-bond donors (Lipinski definition) is 1. The van der Waals surface area contributed by atoms with Crippen LogP contribution in [-0.4, -0.2) is 32.0 Å². The minimum Gasteiger partial charge on any atom is -0.490 e. The van der Waals surface area contributed by atoms with Gasteiger partial charge >= 0.3 is 0 Å². The Morgan fingerprint density at radius 2 is 2.19 bits per heavy atom. The number of para-hydroxylation sites is 1. The summed E-state index contributed by atoms with van der Waals surface area (Å²) in [6.45, 7) is 6.13. The molecular formula is C17H27NO3. The van der Waals surface area contributed by atoms with Crippen LogP contribution in [0.5, 0.6) is 11.5 Å². The number of rotatable bonds is 8. The van der Waals surface area contributed by atoms with E-state index in [0.29, 0.717) is 13.2 Å². The van der Waals surface area contributed by atoms with E-state index in [1.165, 1.54) is 0 Å². The van der Waals surface area contributed by atoms with E-state index in [1.807, 2.05) is 19.1 Å². The van der Waals surface area contributed by atoms with Gasteiger partial charge in [0, 0.05) is 12.6 Å². The van der Waals surface area contributed by atoms with Crippen LogP contribution in [0.15, 0.2) is 18.2 Å². The van der Waals surface area contributed by atoms with Gasteiger partial charge in [0.25, 0.3) is 0 Å². The Labute approximate surface area is 127 Å². The highest BCUT2D eigenvalue weighted by molar-refractivity contribution is 5.47. The van der Waals surface area contributed by atoms with Crippen molar-refractivity contribution in [3.63, 3.8) is 0 Å². The third kappa shape index (κ3) is 4.61. The Bertz CT molecular complexity index is 430. The highest BCUT2D eigenvalue weighted by Gasteiger charge is 2.19. The van der Waals surface area contributed by atoms with Crippen LogP contribution in [0.25, 0.3) is 0 Å². The summed E-state index contributed by atoms with van der Waals surface area (Å²) in [6.07, 6.45) is 4.14. The van der Waals surface area contributed by atoms with Gasteiger partial charge in [0.05, 0.1) is 12.7 Å². The molecule has 2 N–H and O–H groups in total. The van der Waals surface area contributed by atoms with E-state index in [2.05, 4.69) is 13.0 Å². The Hall–Kier alpha value is -1.26. The monoisotopic (exact) mass is 293 g/mol. The lowest BCUT2D eigenvalue weighted by molar-refractivity contribution is 0.0663. The van der Waals surface area contributed by atoms with Crippen molar-refractivity contribution in [3.05, 3.63) is 23.8 Å². The summed E-state index contributed by atoms with van der Waals surface area (Å²) < 4.78 is 17.4. The standard InChI is InChI=1S/C17H27NO3/c1-3-14(18)11-13-7-5-9-16(19-4-2)17(13)21-12-15-8-6-10-20-15/h5,7,9,14-15H,3-4,6,8,10-12,18H2,1-2H3. The summed E-state index contributed by atoms with van der Waals surface area (Å²) in [5, 5.41) is 0. The van der Waals surface area contributed by atoms with E-state index in [0.717, 1.165) is 49.4 Å². The van der Waals surface area contributed by atoms with Gasteiger partial charge in [-0.05, 0) is 44.2 Å². The van der Waals surface area contributed by atoms with E-state index in [9.17, 15) is 0 Å². The van der Waals surface area contributed by atoms with Crippen LogP contribution in [0.2, 0.25) is 0 Å². The Kier molecular flexibility index (Phi) is 6.33. The van der Waals surface area contributed by atoms with E-state index in [1.54, 1.807) is 0 Å². The van der Waals surface area contributed by atoms with Gasteiger partial charge in [-0.2, -0.15) is 0 Å². The lowest BCUT2D eigenvalue weighted by Gasteiger charge is -2.19. The second kappa shape index (κ2) is 8.25. The van der Waals surface area contributed by atoms with Crippen molar-refractivity contribution in [2.45, 2.75) is 51.7 Å². The minimum absolute atomic E-state index is 0.145. The van der Waals surface area contributed by atoms with Crippen LogP contribution in [0.1, 0.15) is 38.7 Å². The second-order valence-corrected chi connectivity index (χ2v) is 5.50. The Morgan fingerprint density at radius 3 is 2.86 bits per heavy atom. The molecule has 21 heavy (non-hydrogen) atoms. The van der Waals surface area contributed by atoms with E-state index in [4.69, 9.17) is 19.9 Å². The molecule has 2 rings (SSSR count). The molecule has 0 amide bonds. The predicted octanol–water partition coefficient (Wildman–Crippen LogP) is 2.92. The predicted molar refractivity (Wildman–Crippen MR) is 84.1 cm³/mol. The molecule has 4 heteroatoms. The molecule has 1 aromatic rings. The van der Waals surface area contributed by atoms with Crippen molar-refractivity contribution in [3.8, 4) is 11.5 Å². The summed E-state index contributed by atoms with van der Waals surface area (Å²) >= 11 is 0. The third-order valence-corrected chi connectivity index (χ3v) is 3.80. The number of nitrogens with two attached hydrogens (primary N) is 1. The SMILES string of the molecule is CCOc1cccc(CC(N)CC)c1OCC1CCCO1. The number of hydrogen-bond acceptors (Lipinski definition) is 4. The van der Waals surface area contributed by atoms with Crippen molar-refractivity contribution in [1.29, 1.82) is 0 Å². The van der Waals surface area contributed by atoms with Crippen molar-refractivity contribution in [2.24, 2.45) is 5.73 Å². The molecule has 1 saturated heterocycles. The van der Waals surface area contributed by atoms with E-state index in [-0.39, 0.29) is 12.1 Å². The number of benzene rings is 1. The van der Waals surface area contributed by atoms with Crippen LogP contribution in [0.3, 0.4) is 0 Å². The zero-order valence-corrected chi connectivity index (χ0v) is 13.1. The van der Waals surface area contributed by atoms with E-state index < -0.39 is 0 Å². The molecule has 1 aliphatic heterocycles. The fraction of sp³-hybridized carbons (Fsp3) is 0.647. The first-order valence-corrected chi connectivity index (χ1v) is 7.99. The topological polar surface area (TPSA) is 53.7 Å². The Morgan fingerprint density at radius 1 is 1.33 bits per heavy atom. The van der Waals surface area contributed by atoms with Gasteiger partial charge in [-0.25, -0.2) is 0 Å². The highest BCUT2D eigenvalue weighted by atomic mass is 16.5. The quantitative estimate of drug-likeness (QED) is 0.800. The number of ether oxygens (including phenoxy) is 3. The molecule has 1 heterocycles. The van der Waals surface area contributed by atoms with Gasteiger partial charge in [0.2, 0.25) is 0 Å². The summed E-state index contributed by atoms with van der Waals surface area (Å²) in [5.41, 5.74) is 7.21. The molecular weight excluding hydrogens is 266 g/mol. The van der Waals surface area contributed by atoms with Gasteiger partial charge in [0.15, 0.2) is 11.5 Å². The molecule has 0 spiro atoms. The fourth-order valence-corrected chi connectivity index (χ4v) is 2.53. The molecule has 1 aliphatic rings. The van der Waals surface area contributed by atoms with Gasteiger partial charge in [0.1, 0.15) is 6.61 Å². The molecule has 1 fully saturated rings. The van der Waals surface area contributed by atoms with Crippen molar-refractivity contribution in [1.82, 2.24) is 0 Å². The average Bonchev–Trinajstić information content (AvgIpc) is 3.00. The van der Waals surface area contributed by atoms with Gasteiger partial charge in [-0.1, -0.05) is 19.1 Å². The molecule has 4 nitrogen and oxygen atoms in total.